The highest BCUT2D eigenvalue weighted by Gasteiger charge is 2.16. The van der Waals surface area contributed by atoms with Gasteiger partial charge in [-0.15, -0.1) is 11.6 Å². The first-order chi connectivity index (χ1) is 10.1. The van der Waals surface area contributed by atoms with Crippen LogP contribution in [0.5, 0.6) is 0 Å². The normalized spacial score (nSPS) is 12.6. The van der Waals surface area contributed by atoms with Crippen molar-refractivity contribution in [2.24, 2.45) is 0 Å². The molecule has 0 N–H and O–H groups in total. The highest BCUT2D eigenvalue weighted by molar-refractivity contribution is 9.11. The first-order valence-electron chi connectivity index (χ1n) is 6.34. The van der Waals surface area contributed by atoms with Crippen molar-refractivity contribution in [2.75, 3.05) is 0 Å². The second-order valence-corrected chi connectivity index (χ2v) is 6.86. The Hall–Kier alpha value is -0.900. The molecule has 0 aliphatic rings. The van der Waals surface area contributed by atoms with Gasteiger partial charge in [0.2, 0.25) is 0 Å². The summed E-state index contributed by atoms with van der Waals surface area (Å²) in [5.41, 5.74) is 1.87. The summed E-state index contributed by atoms with van der Waals surface area (Å²) in [5.74, 6) is -0.289. The van der Waals surface area contributed by atoms with Crippen molar-refractivity contribution in [3.8, 4) is 0 Å². The number of benzene rings is 3. The highest BCUT2D eigenvalue weighted by atomic mass is 79.9. The molecule has 0 aromatic heterocycles. The summed E-state index contributed by atoms with van der Waals surface area (Å²) in [7, 11) is 0. The smallest absolute Gasteiger partial charge is 0.137 e. The van der Waals surface area contributed by atoms with Gasteiger partial charge < -0.3 is 0 Å². The van der Waals surface area contributed by atoms with Gasteiger partial charge in [-0.2, -0.15) is 0 Å². The van der Waals surface area contributed by atoms with Crippen molar-refractivity contribution < 1.29 is 4.39 Å². The van der Waals surface area contributed by atoms with Crippen LogP contribution in [0.3, 0.4) is 0 Å². The predicted octanol–water partition coefficient (Wildman–Crippen LogP) is 6.83. The Balaban J connectivity index is 2.15. The summed E-state index contributed by atoms with van der Waals surface area (Å²) in [6, 6.07) is 16.9. The summed E-state index contributed by atoms with van der Waals surface area (Å²) in [5, 5.41) is 1.87. The molecule has 0 aliphatic heterocycles. The SMILES string of the molecule is Fc1ccc(C(Cl)c2ccc(Br)c3ccccc23)cc1Br. The van der Waals surface area contributed by atoms with Crippen LogP contribution in [0.1, 0.15) is 16.5 Å². The zero-order valence-corrected chi connectivity index (χ0v) is 14.7. The molecule has 106 valence electrons. The van der Waals surface area contributed by atoms with Crippen molar-refractivity contribution in [3.05, 3.63) is 80.5 Å². The lowest BCUT2D eigenvalue weighted by atomic mass is 9.98. The van der Waals surface area contributed by atoms with Gasteiger partial charge in [0.05, 0.1) is 9.85 Å². The lowest BCUT2D eigenvalue weighted by molar-refractivity contribution is 0.620. The maximum atomic E-state index is 13.4. The Morgan fingerprint density at radius 2 is 1.57 bits per heavy atom. The van der Waals surface area contributed by atoms with Gasteiger partial charge >= 0.3 is 0 Å². The quantitative estimate of drug-likeness (QED) is 0.392. The van der Waals surface area contributed by atoms with Crippen molar-refractivity contribution in [1.82, 2.24) is 0 Å². The van der Waals surface area contributed by atoms with E-state index in [1.165, 1.54) is 6.07 Å². The minimum absolute atomic E-state index is 0.289. The Bertz CT molecular complexity index is 817. The molecule has 1 unspecified atom stereocenters. The van der Waals surface area contributed by atoms with E-state index in [-0.39, 0.29) is 11.2 Å². The molecule has 1 atom stereocenters. The fourth-order valence-electron chi connectivity index (χ4n) is 2.36. The Kier molecular flexibility index (Phi) is 4.34. The van der Waals surface area contributed by atoms with E-state index in [9.17, 15) is 4.39 Å². The molecule has 0 fully saturated rings. The van der Waals surface area contributed by atoms with Gasteiger partial charge in [0, 0.05) is 4.47 Å². The second kappa shape index (κ2) is 6.07. The first kappa shape index (κ1) is 15.0. The number of hydrogen-bond donors (Lipinski definition) is 0. The van der Waals surface area contributed by atoms with Crippen LogP contribution in [-0.4, -0.2) is 0 Å². The monoisotopic (exact) mass is 426 g/mol. The van der Waals surface area contributed by atoms with E-state index in [1.807, 2.05) is 36.4 Å². The maximum Gasteiger partial charge on any atom is 0.137 e. The molecule has 4 heteroatoms. The topological polar surface area (TPSA) is 0 Å². The number of hydrogen-bond acceptors (Lipinski definition) is 0. The van der Waals surface area contributed by atoms with Crippen molar-refractivity contribution >= 4 is 54.2 Å². The molecule has 0 bridgehead atoms. The maximum absolute atomic E-state index is 13.4. The van der Waals surface area contributed by atoms with E-state index in [1.54, 1.807) is 12.1 Å². The average Bonchev–Trinajstić information content (AvgIpc) is 2.50. The zero-order valence-electron chi connectivity index (χ0n) is 10.8. The van der Waals surface area contributed by atoms with Crippen molar-refractivity contribution in [1.29, 1.82) is 0 Å². The van der Waals surface area contributed by atoms with Gasteiger partial charge in [0.1, 0.15) is 5.82 Å². The molecule has 0 aliphatic carbocycles. The van der Waals surface area contributed by atoms with Gasteiger partial charge in [-0.25, -0.2) is 4.39 Å². The Labute approximate surface area is 144 Å². The lowest BCUT2D eigenvalue weighted by Gasteiger charge is -2.15. The van der Waals surface area contributed by atoms with Gasteiger partial charge in [-0.3, -0.25) is 0 Å². The molecule has 0 spiro atoms. The largest absolute Gasteiger partial charge is 0.206 e. The molecule has 0 amide bonds. The summed E-state index contributed by atoms with van der Waals surface area (Å²) in [4.78, 5) is 0. The summed E-state index contributed by atoms with van der Waals surface area (Å²) < 4.78 is 14.8. The van der Waals surface area contributed by atoms with E-state index in [2.05, 4.69) is 31.9 Å². The van der Waals surface area contributed by atoms with E-state index in [0.29, 0.717) is 4.47 Å². The number of fused-ring (bicyclic) bond motifs is 1. The van der Waals surface area contributed by atoms with Crippen molar-refractivity contribution in [2.45, 2.75) is 5.38 Å². The molecular weight excluding hydrogens is 418 g/mol. The minimum atomic E-state index is -0.333. The minimum Gasteiger partial charge on any atom is -0.206 e. The molecule has 0 radical (unpaired) electrons. The molecule has 0 nitrogen and oxygen atoms in total. The lowest BCUT2D eigenvalue weighted by Crippen LogP contribution is -1.96. The van der Waals surface area contributed by atoms with E-state index in [4.69, 9.17) is 11.6 Å². The first-order valence-corrected chi connectivity index (χ1v) is 8.36. The van der Waals surface area contributed by atoms with Crippen LogP contribution in [0.25, 0.3) is 10.8 Å². The fraction of sp³-hybridized carbons (Fsp3) is 0.0588. The Morgan fingerprint density at radius 1 is 0.857 bits per heavy atom. The highest BCUT2D eigenvalue weighted by Crippen LogP contribution is 2.37. The predicted molar refractivity (Wildman–Crippen MR) is 93.4 cm³/mol. The molecule has 0 saturated heterocycles. The van der Waals surface area contributed by atoms with Crippen LogP contribution in [0.4, 0.5) is 4.39 Å². The van der Waals surface area contributed by atoms with Crippen LogP contribution in [0.15, 0.2) is 63.5 Å². The average molecular weight is 429 g/mol. The fourth-order valence-corrected chi connectivity index (χ4v) is 3.56. The van der Waals surface area contributed by atoms with Crippen molar-refractivity contribution in [3.63, 3.8) is 0 Å². The molecule has 0 saturated carbocycles. The third kappa shape index (κ3) is 2.87. The van der Waals surface area contributed by atoms with E-state index in [0.717, 1.165) is 26.4 Å². The summed E-state index contributed by atoms with van der Waals surface area (Å²) >= 11 is 13.4. The zero-order chi connectivity index (χ0) is 15.0. The standard InChI is InChI=1S/C17H10Br2ClF/c18-14-7-6-13(11-3-1-2-4-12(11)14)17(20)10-5-8-16(21)15(19)9-10/h1-9,17H. The van der Waals surface area contributed by atoms with Gasteiger partial charge in [0.25, 0.3) is 0 Å². The third-order valence-corrected chi connectivity index (χ3v) is 5.20. The number of alkyl halides is 1. The van der Waals surface area contributed by atoms with Gasteiger partial charge in [-0.1, -0.05) is 52.3 Å². The summed E-state index contributed by atoms with van der Waals surface area (Å²) in [6.07, 6.45) is 0. The molecule has 21 heavy (non-hydrogen) atoms. The molecule has 3 aromatic carbocycles. The van der Waals surface area contributed by atoms with Crippen LogP contribution in [0, 0.1) is 5.82 Å². The third-order valence-electron chi connectivity index (χ3n) is 3.41. The summed E-state index contributed by atoms with van der Waals surface area (Å²) in [6.45, 7) is 0. The second-order valence-electron chi connectivity index (χ2n) is 4.72. The van der Waals surface area contributed by atoms with Crippen LogP contribution in [0.2, 0.25) is 0 Å². The molecule has 0 heterocycles. The van der Waals surface area contributed by atoms with Crippen LogP contribution >= 0.6 is 43.5 Å². The van der Waals surface area contributed by atoms with Crippen LogP contribution < -0.4 is 0 Å². The van der Waals surface area contributed by atoms with Crippen LogP contribution in [-0.2, 0) is 0 Å². The van der Waals surface area contributed by atoms with E-state index >= 15 is 0 Å². The molecular formula is C17H10Br2ClF. The number of rotatable bonds is 2. The Morgan fingerprint density at radius 3 is 2.29 bits per heavy atom. The number of halogens is 4. The van der Waals surface area contributed by atoms with Gasteiger partial charge in [0.15, 0.2) is 0 Å². The van der Waals surface area contributed by atoms with Gasteiger partial charge in [-0.05, 0) is 56.0 Å². The molecule has 3 aromatic rings. The molecule has 3 rings (SSSR count). The van der Waals surface area contributed by atoms with E-state index < -0.39 is 0 Å².